The van der Waals surface area contributed by atoms with Gasteiger partial charge in [-0.15, -0.1) is 0 Å². The molecule has 1 fully saturated rings. The lowest BCUT2D eigenvalue weighted by Crippen LogP contribution is -2.28. The van der Waals surface area contributed by atoms with Crippen LogP contribution in [0.15, 0.2) is 4.52 Å². The predicted molar refractivity (Wildman–Crippen MR) is 48.5 cm³/mol. The standard InChI is InChI=1S/C9H15N3O/c1-2-8-11-9(13-12-8)7-4-3-5-10-6-7/h7,10H,2-6H2,1H3/t7-/m0/s1. The fourth-order valence-corrected chi connectivity index (χ4v) is 1.64. The Balaban J connectivity index is 2.05. The van der Waals surface area contributed by atoms with Crippen LogP contribution in [0.5, 0.6) is 0 Å². The Kier molecular flexibility index (Phi) is 2.59. The van der Waals surface area contributed by atoms with Gasteiger partial charge in [-0.2, -0.15) is 4.98 Å². The molecule has 0 saturated carbocycles. The average molecular weight is 181 g/mol. The van der Waals surface area contributed by atoms with Gasteiger partial charge in [0.1, 0.15) is 0 Å². The van der Waals surface area contributed by atoms with Gasteiger partial charge in [-0.05, 0) is 19.4 Å². The minimum Gasteiger partial charge on any atom is -0.339 e. The summed E-state index contributed by atoms with van der Waals surface area (Å²) in [6.45, 7) is 4.13. The molecule has 13 heavy (non-hydrogen) atoms. The fourth-order valence-electron chi connectivity index (χ4n) is 1.64. The highest BCUT2D eigenvalue weighted by Gasteiger charge is 2.20. The van der Waals surface area contributed by atoms with E-state index < -0.39 is 0 Å². The van der Waals surface area contributed by atoms with Crippen LogP contribution in [0.3, 0.4) is 0 Å². The van der Waals surface area contributed by atoms with Gasteiger partial charge >= 0.3 is 0 Å². The van der Waals surface area contributed by atoms with Gasteiger partial charge in [0.2, 0.25) is 5.89 Å². The molecule has 4 nitrogen and oxygen atoms in total. The Morgan fingerprint density at radius 2 is 2.54 bits per heavy atom. The van der Waals surface area contributed by atoms with E-state index in [0.717, 1.165) is 31.2 Å². The molecule has 1 atom stereocenters. The lowest BCUT2D eigenvalue weighted by molar-refractivity contribution is 0.320. The number of nitrogens with one attached hydrogen (secondary N) is 1. The van der Waals surface area contributed by atoms with Crippen LogP contribution >= 0.6 is 0 Å². The van der Waals surface area contributed by atoms with E-state index in [1.54, 1.807) is 0 Å². The SMILES string of the molecule is CCc1noc([C@H]2CCCNC2)n1. The maximum atomic E-state index is 5.19. The molecule has 0 aromatic carbocycles. The maximum Gasteiger partial charge on any atom is 0.231 e. The summed E-state index contributed by atoms with van der Waals surface area (Å²) in [4.78, 5) is 4.33. The van der Waals surface area contributed by atoms with Gasteiger partial charge in [0.05, 0.1) is 5.92 Å². The number of aryl methyl sites for hydroxylation is 1. The van der Waals surface area contributed by atoms with Crippen LogP contribution in [0, 0.1) is 0 Å². The van der Waals surface area contributed by atoms with Gasteiger partial charge in [0.25, 0.3) is 0 Å². The lowest BCUT2D eigenvalue weighted by atomic mass is 10.00. The first-order valence-electron chi connectivity index (χ1n) is 4.93. The molecule has 1 aliphatic rings. The van der Waals surface area contributed by atoms with E-state index in [1.807, 2.05) is 6.92 Å². The van der Waals surface area contributed by atoms with Crippen molar-refractivity contribution in [1.82, 2.24) is 15.5 Å². The Morgan fingerprint density at radius 3 is 3.15 bits per heavy atom. The van der Waals surface area contributed by atoms with Crippen LogP contribution in [-0.4, -0.2) is 23.2 Å². The maximum absolute atomic E-state index is 5.19. The van der Waals surface area contributed by atoms with Crippen molar-refractivity contribution < 1.29 is 4.52 Å². The number of nitrogens with zero attached hydrogens (tertiary/aromatic N) is 2. The highest BCUT2D eigenvalue weighted by molar-refractivity contribution is 4.96. The first kappa shape index (κ1) is 8.69. The van der Waals surface area contributed by atoms with Gasteiger partial charge in [0, 0.05) is 13.0 Å². The van der Waals surface area contributed by atoms with Crippen molar-refractivity contribution in [2.75, 3.05) is 13.1 Å². The van der Waals surface area contributed by atoms with Gasteiger partial charge < -0.3 is 9.84 Å². The third-order valence-electron chi connectivity index (χ3n) is 2.45. The summed E-state index contributed by atoms with van der Waals surface area (Å²) in [5.41, 5.74) is 0. The van der Waals surface area contributed by atoms with E-state index in [9.17, 15) is 0 Å². The van der Waals surface area contributed by atoms with Crippen LogP contribution < -0.4 is 5.32 Å². The van der Waals surface area contributed by atoms with Gasteiger partial charge in [-0.25, -0.2) is 0 Å². The summed E-state index contributed by atoms with van der Waals surface area (Å²) in [5, 5.41) is 7.23. The largest absolute Gasteiger partial charge is 0.339 e. The smallest absolute Gasteiger partial charge is 0.231 e. The van der Waals surface area contributed by atoms with Crippen molar-refractivity contribution in [2.45, 2.75) is 32.1 Å². The van der Waals surface area contributed by atoms with Crippen molar-refractivity contribution in [1.29, 1.82) is 0 Å². The molecule has 1 aromatic rings. The van der Waals surface area contributed by atoms with Crippen LogP contribution in [0.2, 0.25) is 0 Å². The molecule has 4 heteroatoms. The molecule has 72 valence electrons. The van der Waals surface area contributed by atoms with E-state index in [1.165, 1.54) is 12.8 Å². The zero-order valence-corrected chi connectivity index (χ0v) is 7.92. The van der Waals surface area contributed by atoms with Gasteiger partial charge in [-0.3, -0.25) is 0 Å². The molecule has 0 amide bonds. The zero-order valence-electron chi connectivity index (χ0n) is 7.92. The Morgan fingerprint density at radius 1 is 1.62 bits per heavy atom. The first-order chi connectivity index (χ1) is 6.40. The molecule has 1 N–H and O–H groups in total. The van der Waals surface area contributed by atoms with Crippen molar-refractivity contribution in [3.63, 3.8) is 0 Å². The summed E-state index contributed by atoms with van der Waals surface area (Å²) >= 11 is 0. The number of piperidine rings is 1. The molecule has 0 spiro atoms. The Hall–Kier alpha value is -0.900. The number of hydrogen-bond donors (Lipinski definition) is 1. The molecule has 1 aromatic heterocycles. The third kappa shape index (κ3) is 1.88. The van der Waals surface area contributed by atoms with Crippen molar-refractivity contribution in [3.8, 4) is 0 Å². The normalized spacial score (nSPS) is 23.3. The molecule has 0 aliphatic carbocycles. The fraction of sp³-hybridized carbons (Fsp3) is 0.778. The molecule has 2 heterocycles. The monoisotopic (exact) mass is 181 g/mol. The predicted octanol–water partition coefficient (Wildman–Crippen LogP) is 1.10. The minimum absolute atomic E-state index is 0.432. The number of hydrogen-bond acceptors (Lipinski definition) is 4. The van der Waals surface area contributed by atoms with Gasteiger partial charge in [-0.1, -0.05) is 12.1 Å². The van der Waals surface area contributed by atoms with E-state index in [0.29, 0.717) is 5.92 Å². The quantitative estimate of drug-likeness (QED) is 0.742. The Bertz CT molecular complexity index is 266. The van der Waals surface area contributed by atoms with Crippen LogP contribution in [-0.2, 0) is 6.42 Å². The summed E-state index contributed by atoms with van der Waals surface area (Å²) in [6.07, 6.45) is 3.22. The topological polar surface area (TPSA) is 51.0 Å². The second-order valence-corrected chi connectivity index (χ2v) is 3.45. The van der Waals surface area contributed by atoms with E-state index in [2.05, 4.69) is 15.5 Å². The minimum atomic E-state index is 0.432. The second-order valence-electron chi connectivity index (χ2n) is 3.45. The van der Waals surface area contributed by atoms with Crippen LogP contribution in [0.1, 0.15) is 37.4 Å². The van der Waals surface area contributed by atoms with Crippen LogP contribution in [0.25, 0.3) is 0 Å². The van der Waals surface area contributed by atoms with Gasteiger partial charge in [0.15, 0.2) is 5.82 Å². The Labute approximate surface area is 77.7 Å². The molecule has 0 unspecified atom stereocenters. The summed E-state index contributed by atoms with van der Waals surface area (Å²) in [7, 11) is 0. The average Bonchev–Trinajstić information content (AvgIpc) is 2.67. The highest BCUT2D eigenvalue weighted by atomic mass is 16.5. The van der Waals surface area contributed by atoms with Crippen molar-refractivity contribution >= 4 is 0 Å². The molecule has 0 bridgehead atoms. The summed E-state index contributed by atoms with van der Waals surface area (Å²) in [6, 6.07) is 0. The number of rotatable bonds is 2. The van der Waals surface area contributed by atoms with E-state index in [4.69, 9.17) is 4.52 Å². The third-order valence-corrected chi connectivity index (χ3v) is 2.45. The molecular formula is C9H15N3O. The van der Waals surface area contributed by atoms with E-state index >= 15 is 0 Å². The van der Waals surface area contributed by atoms with Crippen molar-refractivity contribution in [3.05, 3.63) is 11.7 Å². The second kappa shape index (κ2) is 3.87. The zero-order chi connectivity index (χ0) is 9.10. The highest BCUT2D eigenvalue weighted by Crippen LogP contribution is 2.21. The molecule has 0 radical (unpaired) electrons. The molecule has 1 aliphatic heterocycles. The van der Waals surface area contributed by atoms with Crippen molar-refractivity contribution in [2.24, 2.45) is 0 Å². The molecule has 2 rings (SSSR count). The lowest BCUT2D eigenvalue weighted by Gasteiger charge is -2.18. The first-order valence-corrected chi connectivity index (χ1v) is 4.93. The summed E-state index contributed by atoms with van der Waals surface area (Å²) in [5.74, 6) is 2.06. The molecule has 1 saturated heterocycles. The molecular weight excluding hydrogens is 166 g/mol. The van der Waals surface area contributed by atoms with E-state index in [-0.39, 0.29) is 0 Å². The summed E-state index contributed by atoms with van der Waals surface area (Å²) < 4.78 is 5.19. The van der Waals surface area contributed by atoms with Crippen LogP contribution in [0.4, 0.5) is 0 Å². The number of aromatic nitrogens is 2.